The van der Waals surface area contributed by atoms with Crippen molar-refractivity contribution >= 4 is 35.1 Å². The molecule has 134 valence electrons. The van der Waals surface area contributed by atoms with E-state index in [-0.39, 0.29) is 5.91 Å². The van der Waals surface area contributed by atoms with E-state index in [4.69, 9.17) is 11.6 Å². The van der Waals surface area contributed by atoms with Crippen molar-refractivity contribution in [2.75, 3.05) is 50.4 Å². The van der Waals surface area contributed by atoms with Gasteiger partial charge < -0.3 is 15.1 Å². The summed E-state index contributed by atoms with van der Waals surface area (Å²) in [5.41, 5.74) is 0. The van der Waals surface area contributed by atoms with E-state index in [0.717, 1.165) is 38.4 Å². The number of nitrogens with zero attached hydrogens (tertiary/aromatic N) is 4. The molecule has 8 heteroatoms. The van der Waals surface area contributed by atoms with Crippen molar-refractivity contribution in [1.29, 1.82) is 0 Å². The summed E-state index contributed by atoms with van der Waals surface area (Å²) in [5.74, 6) is 1.73. The molecule has 24 heavy (non-hydrogen) atoms. The molecule has 0 spiro atoms. The fraction of sp³-hybridized carbons (Fsp3) is 0.688. The second-order valence-corrected chi connectivity index (χ2v) is 7.77. The molecule has 0 atom stereocenters. The first-order valence-electron chi connectivity index (χ1n) is 8.31. The fourth-order valence-electron chi connectivity index (χ4n) is 2.33. The Kier molecular flexibility index (Phi) is 7.58. The highest BCUT2D eigenvalue weighted by Crippen LogP contribution is 2.22. The molecule has 0 unspecified atom stereocenters. The molecule has 0 radical (unpaired) electrons. The first-order valence-corrected chi connectivity index (χ1v) is 9.68. The molecule has 1 fully saturated rings. The van der Waals surface area contributed by atoms with Gasteiger partial charge in [0.15, 0.2) is 5.16 Å². The Bertz CT molecular complexity index is 549. The molecule has 1 N–H and O–H groups in total. The summed E-state index contributed by atoms with van der Waals surface area (Å²) in [6, 6.07) is 1.79. The predicted octanol–water partition coefficient (Wildman–Crippen LogP) is 2.14. The maximum absolute atomic E-state index is 11.9. The van der Waals surface area contributed by atoms with E-state index in [1.54, 1.807) is 6.07 Å². The Balaban J connectivity index is 1.88. The van der Waals surface area contributed by atoms with Gasteiger partial charge in [-0.15, -0.1) is 0 Å². The van der Waals surface area contributed by atoms with E-state index in [0.29, 0.717) is 28.5 Å². The Morgan fingerprint density at radius 1 is 1.33 bits per heavy atom. The zero-order valence-electron chi connectivity index (χ0n) is 14.6. The number of likely N-dealkylation sites (N-methyl/N-ethyl adjacent to an activating group) is 1. The molecule has 0 aromatic carbocycles. The normalized spacial score (nSPS) is 15.8. The fourth-order valence-corrected chi connectivity index (χ4v) is 3.24. The van der Waals surface area contributed by atoms with Crippen molar-refractivity contribution in [3.8, 4) is 0 Å². The first-order chi connectivity index (χ1) is 11.4. The molecular formula is C16H26ClN5OS. The van der Waals surface area contributed by atoms with Gasteiger partial charge >= 0.3 is 0 Å². The summed E-state index contributed by atoms with van der Waals surface area (Å²) in [6.45, 7) is 8.83. The monoisotopic (exact) mass is 371 g/mol. The Hall–Kier alpha value is -1.05. The van der Waals surface area contributed by atoms with Crippen molar-refractivity contribution in [2.24, 2.45) is 5.92 Å². The lowest BCUT2D eigenvalue weighted by atomic mass is 10.1. The number of hydrogen-bond donors (Lipinski definition) is 1. The molecule has 0 aliphatic carbocycles. The van der Waals surface area contributed by atoms with Crippen LogP contribution >= 0.6 is 23.4 Å². The summed E-state index contributed by atoms with van der Waals surface area (Å²) in [7, 11) is 2.11. The molecular weight excluding hydrogens is 346 g/mol. The van der Waals surface area contributed by atoms with E-state index in [1.165, 1.54) is 11.8 Å². The number of rotatable bonds is 7. The van der Waals surface area contributed by atoms with Gasteiger partial charge in [-0.1, -0.05) is 37.2 Å². The number of anilines is 1. The van der Waals surface area contributed by atoms with Crippen LogP contribution in [0.15, 0.2) is 11.2 Å². The third kappa shape index (κ3) is 6.45. The van der Waals surface area contributed by atoms with Crippen molar-refractivity contribution in [3.05, 3.63) is 11.2 Å². The van der Waals surface area contributed by atoms with Crippen LogP contribution in [0, 0.1) is 5.92 Å². The topological polar surface area (TPSA) is 61.4 Å². The maximum Gasteiger partial charge on any atom is 0.230 e. The molecule has 1 aliphatic rings. The molecule has 1 amide bonds. The van der Waals surface area contributed by atoms with Gasteiger partial charge in [0.2, 0.25) is 5.91 Å². The number of thioether (sulfide) groups is 1. The molecule has 1 aromatic heterocycles. The highest BCUT2D eigenvalue weighted by Gasteiger charge is 2.17. The van der Waals surface area contributed by atoms with Gasteiger partial charge in [0, 0.05) is 38.8 Å². The Morgan fingerprint density at radius 2 is 2.04 bits per heavy atom. The minimum atomic E-state index is 0.00497. The largest absolute Gasteiger partial charge is 0.355 e. The van der Waals surface area contributed by atoms with Crippen LogP contribution in [0.5, 0.6) is 0 Å². The minimum absolute atomic E-state index is 0.00497. The number of nitrogens with one attached hydrogen (secondary N) is 1. The minimum Gasteiger partial charge on any atom is -0.355 e. The quantitative estimate of drug-likeness (QED) is 0.450. The predicted molar refractivity (Wildman–Crippen MR) is 99.9 cm³/mol. The number of amides is 1. The van der Waals surface area contributed by atoms with Crippen LogP contribution < -0.4 is 10.2 Å². The van der Waals surface area contributed by atoms with Gasteiger partial charge in [0.1, 0.15) is 11.0 Å². The lowest BCUT2D eigenvalue weighted by molar-refractivity contribution is -0.118. The van der Waals surface area contributed by atoms with Gasteiger partial charge in [-0.3, -0.25) is 4.79 Å². The van der Waals surface area contributed by atoms with E-state index in [2.05, 4.69) is 46.0 Å². The summed E-state index contributed by atoms with van der Waals surface area (Å²) < 4.78 is 0. The van der Waals surface area contributed by atoms with Gasteiger partial charge in [-0.2, -0.15) is 0 Å². The standard InChI is InChI=1S/C16H26ClN5OS/c1-12(2)4-5-18-15(23)11-24-16-19-13(17)10-14(20-16)22-8-6-21(3)7-9-22/h10,12H,4-9,11H2,1-3H3,(H,18,23). The number of piperazine rings is 1. The number of carbonyl (C=O) groups is 1. The number of aromatic nitrogens is 2. The third-order valence-corrected chi connectivity index (χ3v) is 4.91. The molecule has 0 bridgehead atoms. The molecule has 1 aliphatic heterocycles. The average Bonchev–Trinajstić information content (AvgIpc) is 2.53. The summed E-state index contributed by atoms with van der Waals surface area (Å²) >= 11 is 7.45. The van der Waals surface area contributed by atoms with Crippen molar-refractivity contribution < 1.29 is 4.79 Å². The molecule has 1 aromatic rings. The Labute approximate surface area is 153 Å². The summed E-state index contributed by atoms with van der Waals surface area (Å²) in [6.07, 6.45) is 0.984. The molecule has 1 saturated heterocycles. The van der Waals surface area contributed by atoms with E-state index in [1.807, 2.05) is 0 Å². The first kappa shape index (κ1) is 19.3. The Morgan fingerprint density at radius 3 is 2.71 bits per heavy atom. The third-order valence-electron chi connectivity index (χ3n) is 3.86. The van der Waals surface area contributed by atoms with Crippen molar-refractivity contribution in [1.82, 2.24) is 20.2 Å². The number of halogens is 1. The van der Waals surface area contributed by atoms with Crippen LogP contribution in [-0.4, -0.2) is 66.3 Å². The van der Waals surface area contributed by atoms with Crippen LogP contribution in [0.1, 0.15) is 20.3 Å². The van der Waals surface area contributed by atoms with Crippen LogP contribution in [0.2, 0.25) is 5.15 Å². The van der Waals surface area contributed by atoms with E-state index in [9.17, 15) is 4.79 Å². The number of carbonyl (C=O) groups excluding carboxylic acids is 1. The SMILES string of the molecule is CC(C)CCNC(=O)CSc1nc(Cl)cc(N2CCN(C)CC2)n1. The summed E-state index contributed by atoms with van der Waals surface area (Å²) in [5, 5.41) is 3.89. The zero-order valence-corrected chi connectivity index (χ0v) is 16.2. The maximum atomic E-state index is 11.9. The van der Waals surface area contributed by atoms with Crippen LogP contribution in [0.25, 0.3) is 0 Å². The van der Waals surface area contributed by atoms with Gasteiger partial charge in [0.25, 0.3) is 0 Å². The van der Waals surface area contributed by atoms with Gasteiger partial charge in [-0.25, -0.2) is 9.97 Å². The van der Waals surface area contributed by atoms with Crippen molar-refractivity contribution in [3.63, 3.8) is 0 Å². The smallest absolute Gasteiger partial charge is 0.230 e. The van der Waals surface area contributed by atoms with E-state index < -0.39 is 0 Å². The lowest BCUT2D eigenvalue weighted by Crippen LogP contribution is -2.44. The van der Waals surface area contributed by atoms with Crippen LogP contribution in [-0.2, 0) is 4.79 Å². The van der Waals surface area contributed by atoms with Crippen LogP contribution in [0.4, 0.5) is 5.82 Å². The molecule has 0 saturated carbocycles. The van der Waals surface area contributed by atoms with Gasteiger partial charge in [0.05, 0.1) is 5.75 Å². The highest BCUT2D eigenvalue weighted by atomic mass is 35.5. The van der Waals surface area contributed by atoms with Crippen LogP contribution in [0.3, 0.4) is 0 Å². The molecule has 6 nitrogen and oxygen atoms in total. The molecule has 2 heterocycles. The second kappa shape index (κ2) is 9.44. The average molecular weight is 372 g/mol. The highest BCUT2D eigenvalue weighted by molar-refractivity contribution is 7.99. The second-order valence-electron chi connectivity index (χ2n) is 6.44. The van der Waals surface area contributed by atoms with Gasteiger partial charge in [-0.05, 0) is 19.4 Å². The van der Waals surface area contributed by atoms with Crippen molar-refractivity contribution in [2.45, 2.75) is 25.4 Å². The molecule has 2 rings (SSSR count). The van der Waals surface area contributed by atoms with E-state index >= 15 is 0 Å². The summed E-state index contributed by atoms with van der Waals surface area (Å²) in [4.78, 5) is 25.1. The number of hydrogen-bond acceptors (Lipinski definition) is 6. The zero-order chi connectivity index (χ0) is 17.5. The lowest BCUT2D eigenvalue weighted by Gasteiger charge is -2.33.